The number of β-lactam (4-membered cyclic amide) rings is 1. The molecular weight excluding hydrogens is 492 g/mol. The fourth-order valence-corrected chi connectivity index (χ4v) is 7.23. The first kappa shape index (κ1) is 21.7. The summed E-state index contributed by atoms with van der Waals surface area (Å²) in [6, 6.07) is -0.981. The predicted octanol–water partition coefficient (Wildman–Crippen LogP) is -2.44. The monoisotopic (exact) mass is 508 g/mol. The number of nitrogens with one attached hydrogen (secondary N) is 1. The number of carbonyl (C=O) groups excluding carboxylic acids is 3. The quantitative estimate of drug-likeness (QED) is 0.125. The summed E-state index contributed by atoms with van der Waals surface area (Å²) in [5.41, 5.74) is 5.07. The third-order valence-electron chi connectivity index (χ3n) is 5.31. The molecule has 0 unspecified atom stereocenters. The number of carboxylic acids is 1. The maximum absolute atomic E-state index is 12.8. The zero-order valence-corrected chi connectivity index (χ0v) is 19.1. The van der Waals surface area contributed by atoms with Gasteiger partial charge in [0, 0.05) is 16.0 Å². The molecule has 0 spiro atoms. The van der Waals surface area contributed by atoms with E-state index in [0.29, 0.717) is 23.7 Å². The average molecular weight is 509 g/mol. The number of anilines is 1. The van der Waals surface area contributed by atoms with E-state index in [1.54, 1.807) is 12.7 Å². The van der Waals surface area contributed by atoms with Crippen molar-refractivity contribution in [2.24, 2.45) is 5.16 Å². The van der Waals surface area contributed by atoms with Gasteiger partial charge < -0.3 is 26.2 Å². The molecule has 172 valence electrons. The Hall–Kier alpha value is -3.11. The average Bonchev–Trinajstić information content (AvgIpc) is 3.49. The number of carboxylic acid groups (broad SMARTS) is 1. The Morgan fingerprint density at radius 1 is 1.45 bits per heavy atom. The summed E-state index contributed by atoms with van der Waals surface area (Å²) in [5, 5.41) is 27.8. The minimum atomic E-state index is -1.44. The molecule has 0 radical (unpaired) electrons. The van der Waals surface area contributed by atoms with Crippen LogP contribution in [0.3, 0.4) is 0 Å². The molecule has 1 fully saturated rings. The second-order valence-corrected chi connectivity index (χ2v) is 10.7. The molecule has 5 rings (SSSR count). The zero-order valence-electron chi connectivity index (χ0n) is 16.7. The maximum atomic E-state index is 12.8. The molecule has 33 heavy (non-hydrogen) atoms. The number of nitrogen functional groups attached to an aromatic ring is 1. The summed E-state index contributed by atoms with van der Waals surface area (Å²) in [6.07, 6.45) is 3.41. The van der Waals surface area contributed by atoms with Crippen LogP contribution in [-0.4, -0.2) is 70.7 Å². The Balaban J connectivity index is 1.30. The maximum Gasteiger partial charge on any atom is 0.306 e. The largest absolute Gasteiger partial charge is 0.543 e. The molecule has 2 aromatic rings. The van der Waals surface area contributed by atoms with Gasteiger partial charge in [-0.25, -0.2) is 4.98 Å². The lowest BCUT2D eigenvalue weighted by atomic mass is 10.0. The molecule has 4 N–H and O–H groups in total. The molecule has 5 heterocycles. The molecule has 2 atom stereocenters. The minimum absolute atomic E-state index is 0.0709. The molecule has 2 amide bonds. The van der Waals surface area contributed by atoms with E-state index in [1.807, 2.05) is 9.36 Å². The summed E-state index contributed by atoms with van der Waals surface area (Å²) in [5.74, 6) is -2.49. The van der Waals surface area contributed by atoms with Crippen molar-refractivity contribution >= 4 is 63.5 Å². The number of oxime groups is 1. The topological polar surface area (TPSA) is 183 Å². The van der Waals surface area contributed by atoms with E-state index in [4.69, 9.17) is 5.73 Å². The Labute approximate surface area is 198 Å². The van der Waals surface area contributed by atoms with E-state index in [1.165, 1.54) is 28.9 Å². The Morgan fingerprint density at radius 3 is 2.94 bits per heavy atom. The molecule has 16 heteroatoms. The van der Waals surface area contributed by atoms with Crippen LogP contribution >= 0.6 is 34.9 Å². The van der Waals surface area contributed by atoms with Crippen LogP contribution < -0.4 is 20.8 Å². The van der Waals surface area contributed by atoms with Gasteiger partial charge in [0.2, 0.25) is 6.33 Å². The van der Waals surface area contributed by atoms with Gasteiger partial charge in [0.05, 0.1) is 23.5 Å². The van der Waals surface area contributed by atoms with Crippen molar-refractivity contribution in [2.45, 2.75) is 29.8 Å². The van der Waals surface area contributed by atoms with Crippen LogP contribution in [0.25, 0.3) is 0 Å². The standard InChI is InChI=1S/C17H16N8O5S3/c18-17-20-8(3-32-17)10(22-30)13(26)21-11-14(27)25-12(16(28)29)9(4-31-15(11)25)33-7-1-23-5-19-6-24(23)2-7/h3,5-7,11,15H,1-2,4H2,(H4-,18,20,21,26,28,29,30)/t11-,15-/m1/s1. The second-order valence-electron chi connectivity index (χ2n) is 7.30. The summed E-state index contributed by atoms with van der Waals surface area (Å²) in [6.45, 7) is 1.33. The lowest BCUT2D eigenvalue weighted by Crippen LogP contribution is -2.71. The van der Waals surface area contributed by atoms with Crippen LogP contribution in [0.1, 0.15) is 5.69 Å². The van der Waals surface area contributed by atoms with E-state index >= 15 is 0 Å². The van der Waals surface area contributed by atoms with Crippen molar-refractivity contribution in [3.8, 4) is 0 Å². The second kappa shape index (κ2) is 8.35. The zero-order chi connectivity index (χ0) is 23.3. The highest BCUT2D eigenvalue weighted by molar-refractivity contribution is 8.06. The lowest BCUT2D eigenvalue weighted by molar-refractivity contribution is -0.758. The van der Waals surface area contributed by atoms with Gasteiger partial charge in [0.15, 0.2) is 10.8 Å². The van der Waals surface area contributed by atoms with Gasteiger partial charge >= 0.3 is 6.33 Å². The molecule has 1 saturated heterocycles. The Bertz CT molecular complexity index is 1200. The summed E-state index contributed by atoms with van der Waals surface area (Å²) in [4.78, 5) is 47.0. The van der Waals surface area contributed by atoms with Gasteiger partial charge in [-0.3, -0.25) is 14.5 Å². The van der Waals surface area contributed by atoms with Crippen molar-refractivity contribution in [1.29, 1.82) is 0 Å². The van der Waals surface area contributed by atoms with Crippen molar-refractivity contribution in [1.82, 2.24) is 24.9 Å². The highest BCUT2D eigenvalue weighted by Gasteiger charge is 2.53. The number of fused-ring (bicyclic) bond motifs is 2. The van der Waals surface area contributed by atoms with Crippen LogP contribution in [0, 0.1) is 0 Å². The number of rotatable bonds is 6. The third-order valence-corrected chi connectivity index (χ3v) is 8.70. The van der Waals surface area contributed by atoms with Crippen LogP contribution in [0.5, 0.6) is 0 Å². The molecule has 2 aromatic heterocycles. The summed E-state index contributed by atoms with van der Waals surface area (Å²) >= 11 is 3.81. The minimum Gasteiger partial charge on any atom is -0.543 e. The van der Waals surface area contributed by atoms with Gasteiger partial charge in [-0.1, -0.05) is 5.16 Å². The van der Waals surface area contributed by atoms with Crippen LogP contribution in [0.4, 0.5) is 5.13 Å². The number of hydrogen-bond acceptors (Lipinski definition) is 12. The molecule has 3 aliphatic rings. The van der Waals surface area contributed by atoms with E-state index < -0.39 is 29.2 Å². The Kier molecular flexibility index (Phi) is 5.49. The van der Waals surface area contributed by atoms with Crippen molar-refractivity contribution in [2.75, 3.05) is 11.5 Å². The number of amides is 2. The summed E-state index contributed by atoms with van der Waals surface area (Å²) < 4.78 is 3.87. The highest BCUT2D eigenvalue weighted by atomic mass is 32.2. The molecular formula is C17H16N8O5S3. The molecule has 0 aliphatic carbocycles. The fraction of sp³-hybridized carbons (Fsp3) is 0.353. The third kappa shape index (κ3) is 3.72. The van der Waals surface area contributed by atoms with E-state index in [0.717, 1.165) is 16.2 Å². The van der Waals surface area contributed by atoms with Gasteiger partial charge in [-0.2, -0.15) is 9.36 Å². The van der Waals surface area contributed by atoms with Gasteiger partial charge in [0.25, 0.3) is 11.8 Å². The number of aliphatic carboxylic acids is 1. The molecule has 3 aliphatic heterocycles. The number of nitrogens with two attached hydrogens (primary N) is 1. The summed E-state index contributed by atoms with van der Waals surface area (Å²) in [7, 11) is 0. The number of thiazole rings is 1. The number of nitrogens with zero attached hydrogens (tertiary/aromatic N) is 6. The van der Waals surface area contributed by atoms with Crippen molar-refractivity contribution in [3.63, 3.8) is 0 Å². The first-order valence-electron chi connectivity index (χ1n) is 9.57. The fourth-order valence-electron chi connectivity index (χ4n) is 3.86. The lowest BCUT2D eigenvalue weighted by Gasteiger charge is -2.50. The van der Waals surface area contributed by atoms with Gasteiger partial charge in [-0.05, 0) is 4.98 Å². The first-order valence-corrected chi connectivity index (χ1v) is 12.4. The Morgan fingerprint density at radius 2 is 2.27 bits per heavy atom. The van der Waals surface area contributed by atoms with Crippen LogP contribution in [-0.2, 0) is 27.5 Å². The van der Waals surface area contributed by atoms with Crippen molar-refractivity contribution < 1.29 is 29.4 Å². The van der Waals surface area contributed by atoms with E-state index in [2.05, 4.69) is 20.4 Å². The predicted molar refractivity (Wildman–Crippen MR) is 116 cm³/mol. The van der Waals surface area contributed by atoms with Crippen LogP contribution in [0.15, 0.2) is 33.8 Å². The SMILES string of the molecule is Nc1nc(/C(=N/O)C(=O)N[C@@H]2C(=O)N3C(C(=O)[O-])=C(SC4Cn5cnc[n+]5C4)CS[C@H]23)cs1. The van der Waals surface area contributed by atoms with Crippen molar-refractivity contribution in [3.05, 3.63) is 34.3 Å². The van der Waals surface area contributed by atoms with Gasteiger partial charge in [0.1, 0.15) is 23.7 Å². The number of hydrogen-bond donors (Lipinski definition) is 3. The van der Waals surface area contributed by atoms with E-state index in [-0.39, 0.29) is 27.5 Å². The van der Waals surface area contributed by atoms with Crippen LogP contribution in [0.2, 0.25) is 0 Å². The first-order chi connectivity index (χ1) is 15.9. The number of carbonyl (C=O) groups is 3. The van der Waals surface area contributed by atoms with Gasteiger partial charge in [-0.15, -0.1) is 34.9 Å². The molecule has 13 nitrogen and oxygen atoms in total. The number of thioether (sulfide) groups is 2. The molecule has 0 saturated carbocycles. The smallest absolute Gasteiger partial charge is 0.306 e. The molecule has 0 aromatic carbocycles. The van der Waals surface area contributed by atoms with E-state index in [9.17, 15) is 24.7 Å². The molecule has 0 bridgehead atoms. The number of aromatic nitrogens is 4. The highest BCUT2D eigenvalue weighted by Crippen LogP contribution is 2.44. The normalized spacial score (nSPS) is 24.4.